The van der Waals surface area contributed by atoms with Gasteiger partial charge in [-0.25, -0.2) is 4.79 Å². The number of unbranched alkanes of at least 4 members (excludes halogenated alkanes) is 6. The molecule has 1 N–H and O–H groups in total. The van der Waals surface area contributed by atoms with Gasteiger partial charge in [-0.1, -0.05) is 52.4 Å². The molecule has 0 amide bonds. The van der Waals surface area contributed by atoms with Crippen LogP contribution in [0.15, 0.2) is 6.07 Å². The summed E-state index contributed by atoms with van der Waals surface area (Å²) in [6, 6.07) is 1.86. The SMILES string of the molecule is CCCCCCN(CCCCCC)C(=S)Nc1sc(C)cc1C(=O)OC. The summed E-state index contributed by atoms with van der Waals surface area (Å²) in [5.41, 5.74) is 0.564. The fourth-order valence-corrected chi connectivity index (χ4v) is 4.07. The van der Waals surface area contributed by atoms with Gasteiger partial charge in [-0.15, -0.1) is 11.3 Å². The van der Waals surface area contributed by atoms with Gasteiger partial charge < -0.3 is 15.0 Å². The topological polar surface area (TPSA) is 41.6 Å². The van der Waals surface area contributed by atoms with Crippen LogP contribution >= 0.6 is 23.6 Å². The normalized spacial score (nSPS) is 10.6. The van der Waals surface area contributed by atoms with Crippen molar-refractivity contribution < 1.29 is 9.53 Å². The third-order valence-corrected chi connectivity index (χ3v) is 5.66. The zero-order valence-corrected chi connectivity index (χ0v) is 18.4. The zero-order chi connectivity index (χ0) is 19.4. The Hall–Kier alpha value is -1.14. The number of carbonyl (C=O) groups is 1. The summed E-state index contributed by atoms with van der Waals surface area (Å²) in [4.78, 5) is 15.3. The summed E-state index contributed by atoms with van der Waals surface area (Å²) >= 11 is 7.22. The van der Waals surface area contributed by atoms with Gasteiger partial charge in [0.15, 0.2) is 5.11 Å². The molecule has 0 radical (unpaired) electrons. The van der Waals surface area contributed by atoms with Gasteiger partial charge in [-0.05, 0) is 38.0 Å². The molecule has 26 heavy (non-hydrogen) atoms. The third-order valence-electron chi connectivity index (χ3n) is 4.33. The van der Waals surface area contributed by atoms with Crippen molar-refractivity contribution in [3.8, 4) is 0 Å². The van der Waals surface area contributed by atoms with E-state index in [1.165, 1.54) is 45.6 Å². The zero-order valence-electron chi connectivity index (χ0n) is 16.7. The van der Waals surface area contributed by atoms with Crippen LogP contribution in [-0.4, -0.2) is 36.2 Å². The lowest BCUT2D eigenvalue weighted by molar-refractivity contribution is 0.0602. The monoisotopic (exact) mass is 398 g/mol. The molecule has 0 spiro atoms. The molecule has 0 saturated carbocycles. The second-order valence-electron chi connectivity index (χ2n) is 6.63. The average molecular weight is 399 g/mol. The van der Waals surface area contributed by atoms with Gasteiger partial charge in [-0.2, -0.15) is 0 Å². The smallest absolute Gasteiger partial charge is 0.340 e. The van der Waals surface area contributed by atoms with Gasteiger partial charge in [-0.3, -0.25) is 0 Å². The summed E-state index contributed by atoms with van der Waals surface area (Å²) < 4.78 is 4.89. The number of ether oxygens (including phenoxy) is 1. The number of rotatable bonds is 12. The number of nitrogens with one attached hydrogen (secondary N) is 1. The minimum atomic E-state index is -0.322. The summed E-state index contributed by atoms with van der Waals surface area (Å²) in [5, 5.41) is 4.80. The highest BCUT2D eigenvalue weighted by Gasteiger charge is 2.18. The van der Waals surface area contributed by atoms with E-state index >= 15 is 0 Å². The van der Waals surface area contributed by atoms with Crippen molar-refractivity contribution in [1.29, 1.82) is 0 Å². The van der Waals surface area contributed by atoms with Crippen LogP contribution in [-0.2, 0) is 4.74 Å². The Kier molecular flexibility index (Phi) is 11.5. The predicted octanol–water partition coefficient (Wildman–Crippen LogP) is 6.00. The van der Waals surface area contributed by atoms with Crippen LogP contribution in [0, 0.1) is 6.92 Å². The standard InChI is InChI=1S/C20H34N2O2S2/c1-5-7-9-11-13-22(14-12-10-8-6-2)20(25)21-18-17(19(23)24-4)15-16(3)26-18/h15H,5-14H2,1-4H3,(H,21,25). The quantitative estimate of drug-likeness (QED) is 0.265. The first-order chi connectivity index (χ1) is 12.5. The van der Waals surface area contributed by atoms with Gasteiger partial charge in [0.25, 0.3) is 0 Å². The largest absolute Gasteiger partial charge is 0.465 e. The Labute approximate surface area is 168 Å². The number of anilines is 1. The highest BCUT2D eigenvalue weighted by Crippen LogP contribution is 2.28. The lowest BCUT2D eigenvalue weighted by Crippen LogP contribution is -2.36. The summed E-state index contributed by atoms with van der Waals surface area (Å²) in [6.07, 6.45) is 9.76. The van der Waals surface area contributed by atoms with E-state index in [1.807, 2.05) is 13.0 Å². The van der Waals surface area contributed by atoms with Crippen molar-refractivity contribution in [2.75, 3.05) is 25.5 Å². The van der Waals surface area contributed by atoms with Crippen LogP contribution in [0.1, 0.15) is 80.4 Å². The van der Waals surface area contributed by atoms with E-state index in [0.717, 1.165) is 35.8 Å². The van der Waals surface area contributed by atoms with Crippen molar-refractivity contribution >= 4 is 39.6 Å². The number of hydrogen-bond acceptors (Lipinski definition) is 4. The fraction of sp³-hybridized carbons (Fsp3) is 0.700. The van der Waals surface area contributed by atoms with Gasteiger partial charge in [0, 0.05) is 18.0 Å². The number of aryl methyl sites for hydroxylation is 1. The van der Waals surface area contributed by atoms with E-state index < -0.39 is 0 Å². The number of methoxy groups -OCH3 is 1. The molecule has 0 bridgehead atoms. The molecule has 0 atom stereocenters. The molecule has 1 aromatic rings. The maximum Gasteiger partial charge on any atom is 0.340 e. The third kappa shape index (κ3) is 8.04. The van der Waals surface area contributed by atoms with E-state index in [2.05, 4.69) is 24.1 Å². The summed E-state index contributed by atoms with van der Waals surface area (Å²) in [6.45, 7) is 8.37. The Bertz CT molecular complexity index is 546. The molecule has 1 heterocycles. The Morgan fingerprint density at radius 3 is 2.19 bits per heavy atom. The van der Waals surface area contributed by atoms with E-state index in [1.54, 1.807) is 11.3 Å². The van der Waals surface area contributed by atoms with Crippen LogP contribution in [0.4, 0.5) is 5.00 Å². The minimum Gasteiger partial charge on any atom is -0.465 e. The van der Waals surface area contributed by atoms with Crippen LogP contribution in [0.5, 0.6) is 0 Å². The molecule has 0 saturated heterocycles. The predicted molar refractivity (Wildman–Crippen MR) is 116 cm³/mol. The number of hydrogen-bond donors (Lipinski definition) is 1. The van der Waals surface area contributed by atoms with Gasteiger partial charge >= 0.3 is 5.97 Å². The van der Waals surface area contributed by atoms with Crippen LogP contribution in [0.3, 0.4) is 0 Å². The maximum atomic E-state index is 12.0. The summed E-state index contributed by atoms with van der Waals surface area (Å²) in [7, 11) is 1.41. The molecular formula is C20H34N2O2S2. The molecule has 0 aliphatic carbocycles. The van der Waals surface area contributed by atoms with Gasteiger partial charge in [0.2, 0.25) is 0 Å². The fourth-order valence-electron chi connectivity index (χ4n) is 2.82. The van der Waals surface area contributed by atoms with Crippen LogP contribution in [0.2, 0.25) is 0 Å². The highest BCUT2D eigenvalue weighted by molar-refractivity contribution is 7.80. The molecule has 0 aromatic carbocycles. The Morgan fingerprint density at radius 1 is 1.12 bits per heavy atom. The first kappa shape index (κ1) is 22.9. The lowest BCUT2D eigenvalue weighted by atomic mass is 10.2. The molecule has 4 nitrogen and oxygen atoms in total. The molecule has 1 rings (SSSR count). The average Bonchev–Trinajstić information content (AvgIpc) is 2.99. The second kappa shape index (κ2) is 13.1. The molecule has 0 aliphatic heterocycles. The van der Waals surface area contributed by atoms with Crippen molar-refractivity contribution in [2.45, 2.75) is 72.1 Å². The molecule has 0 unspecified atom stereocenters. The molecule has 148 valence electrons. The van der Waals surface area contributed by atoms with E-state index in [-0.39, 0.29) is 5.97 Å². The van der Waals surface area contributed by atoms with E-state index in [4.69, 9.17) is 17.0 Å². The van der Waals surface area contributed by atoms with E-state index in [0.29, 0.717) is 10.7 Å². The second-order valence-corrected chi connectivity index (χ2v) is 8.27. The van der Waals surface area contributed by atoms with Crippen molar-refractivity contribution in [2.24, 2.45) is 0 Å². The number of thiophene rings is 1. The highest BCUT2D eigenvalue weighted by atomic mass is 32.1. The lowest BCUT2D eigenvalue weighted by Gasteiger charge is -2.26. The van der Waals surface area contributed by atoms with Crippen LogP contribution in [0.25, 0.3) is 0 Å². The van der Waals surface area contributed by atoms with Gasteiger partial charge in [0.1, 0.15) is 5.00 Å². The van der Waals surface area contributed by atoms with Crippen molar-refractivity contribution in [1.82, 2.24) is 4.90 Å². The first-order valence-corrected chi connectivity index (χ1v) is 11.0. The minimum absolute atomic E-state index is 0.322. The first-order valence-electron chi connectivity index (χ1n) is 9.78. The van der Waals surface area contributed by atoms with E-state index in [9.17, 15) is 4.79 Å². The van der Waals surface area contributed by atoms with Gasteiger partial charge in [0.05, 0.1) is 12.7 Å². The van der Waals surface area contributed by atoms with Crippen LogP contribution < -0.4 is 5.32 Å². The number of nitrogens with zero attached hydrogens (tertiary/aromatic N) is 1. The molecule has 6 heteroatoms. The number of carbonyl (C=O) groups excluding carboxylic acids is 1. The number of esters is 1. The molecular weight excluding hydrogens is 364 g/mol. The maximum absolute atomic E-state index is 12.0. The number of thiocarbonyl (C=S) groups is 1. The van der Waals surface area contributed by atoms with Crippen molar-refractivity contribution in [3.05, 3.63) is 16.5 Å². The molecule has 0 aliphatic rings. The molecule has 0 fully saturated rings. The summed E-state index contributed by atoms with van der Waals surface area (Å²) in [5.74, 6) is -0.322. The van der Waals surface area contributed by atoms with Crippen molar-refractivity contribution in [3.63, 3.8) is 0 Å². The molecule has 1 aromatic heterocycles. The Morgan fingerprint density at radius 2 is 1.69 bits per heavy atom. The Balaban J connectivity index is 2.72.